The van der Waals surface area contributed by atoms with Crippen LogP contribution >= 0.6 is 11.3 Å². The fourth-order valence-corrected chi connectivity index (χ4v) is 5.75. The van der Waals surface area contributed by atoms with E-state index in [0.29, 0.717) is 29.2 Å². The van der Waals surface area contributed by atoms with Crippen molar-refractivity contribution >= 4 is 39.9 Å². The molecule has 1 aliphatic heterocycles. The van der Waals surface area contributed by atoms with E-state index in [9.17, 15) is 19.5 Å². The van der Waals surface area contributed by atoms with Gasteiger partial charge >= 0.3 is 11.9 Å². The molecule has 4 aromatic rings. The molecule has 0 spiro atoms. The maximum Gasteiger partial charge on any atom is 0.350 e. The van der Waals surface area contributed by atoms with E-state index in [2.05, 4.69) is 11.6 Å². The highest BCUT2D eigenvalue weighted by Crippen LogP contribution is 2.44. The predicted molar refractivity (Wildman–Crippen MR) is 165 cm³/mol. The Bertz CT molecular complexity index is 1740. The molecule has 0 aliphatic carbocycles. The number of carbonyl (C=O) groups excluding carboxylic acids is 3. The molecule has 1 fully saturated rings. The summed E-state index contributed by atoms with van der Waals surface area (Å²) in [5, 5.41) is 11.6. The maximum absolute atomic E-state index is 13.5. The van der Waals surface area contributed by atoms with Crippen molar-refractivity contribution in [3.05, 3.63) is 129 Å². The Morgan fingerprint density at radius 3 is 2.40 bits per heavy atom. The number of hydrogen-bond donors (Lipinski definition) is 1. The minimum Gasteiger partial charge on any atom is -0.507 e. The molecule has 5 rings (SSSR count). The Balaban J connectivity index is 1.52. The van der Waals surface area contributed by atoms with E-state index < -0.39 is 23.7 Å². The van der Waals surface area contributed by atoms with Crippen LogP contribution in [0.4, 0.5) is 5.13 Å². The van der Waals surface area contributed by atoms with Crippen LogP contribution in [0.5, 0.6) is 5.75 Å². The predicted octanol–water partition coefficient (Wildman–Crippen LogP) is 6.62. The van der Waals surface area contributed by atoms with Gasteiger partial charge in [0.15, 0.2) is 5.13 Å². The minimum absolute atomic E-state index is 0.0229. The smallest absolute Gasteiger partial charge is 0.350 e. The Kier molecular flexibility index (Phi) is 8.54. The molecule has 1 N–H and O–H groups in total. The van der Waals surface area contributed by atoms with Crippen LogP contribution in [0, 0.1) is 20.8 Å². The normalized spacial score (nSPS) is 15.9. The van der Waals surface area contributed by atoms with Gasteiger partial charge in [-0.2, -0.15) is 0 Å². The van der Waals surface area contributed by atoms with Crippen molar-refractivity contribution in [3.63, 3.8) is 0 Å². The third-order valence-corrected chi connectivity index (χ3v) is 8.27. The van der Waals surface area contributed by atoms with Crippen molar-refractivity contribution in [1.29, 1.82) is 0 Å². The number of esters is 1. The average Bonchev–Trinajstić information content (AvgIpc) is 3.52. The number of hydrogen-bond acceptors (Lipinski definition) is 8. The van der Waals surface area contributed by atoms with Gasteiger partial charge in [-0.1, -0.05) is 78.1 Å². The molecule has 1 unspecified atom stereocenters. The van der Waals surface area contributed by atoms with Crippen molar-refractivity contribution < 1.29 is 29.0 Å². The molecule has 0 saturated carbocycles. The van der Waals surface area contributed by atoms with Crippen molar-refractivity contribution in [2.75, 3.05) is 11.5 Å². The zero-order chi connectivity index (χ0) is 30.7. The highest BCUT2D eigenvalue weighted by atomic mass is 32.1. The number of thiazole rings is 1. The topological polar surface area (TPSA) is 106 Å². The highest BCUT2D eigenvalue weighted by Gasteiger charge is 2.48. The largest absolute Gasteiger partial charge is 0.507 e. The molecule has 1 aliphatic rings. The van der Waals surface area contributed by atoms with Crippen molar-refractivity contribution in [2.45, 2.75) is 33.4 Å². The fraction of sp³-hybridized carbons (Fsp3) is 0.176. The lowest BCUT2D eigenvalue weighted by Gasteiger charge is -2.23. The van der Waals surface area contributed by atoms with Crippen LogP contribution in [-0.2, 0) is 20.9 Å². The quantitative estimate of drug-likeness (QED) is 0.0764. The van der Waals surface area contributed by atoms with Crippen LogP contribution < -0.4 is 9.64 Å². The minimum atomic E-state index is -0.972. The van der Waals surface area contributed by atoms with Crippen molar-refractivity contribution in [1.82, 2.24) is 4.98 Å². The Morgan fingerprint density at radius 1 is 1.02 bits per heavy atom. The van der Waals surface area contributed by atoms with Crippen LogP contribution in [0.3, 0.4) is 0 Å². The second-order valence-corrected chi connectivity index (χ2v) is 11.1. The van der Waals surface area contributed by atoms with Crippen LogP contribution in [-0.4, -0.2) is 34.4 Å². The maximum atomic E-state index is 13.5. The number of anilines is 1. The molecular formula is C34H30N2O6S. The van der Waals surface area contributed by atoms with Gasteiger partial charge in [-0.05, 0) is 61.7 Å². The number of carbonyl (C=O) groups is 3. The number of nitrogens with zero attached hydrogens (tertiary/aromatic N) is 2. The van der Waals surface area contributed by atoms with E-state index in [4.69, 9.17) is 9.47 Å². The summed E-state index contributed by atoms with van der Waals surface area (Å²) in [7, 11) is 0. The van der Waals surface area contributed by atoms with Gasteiger partial charge in [0.2, 0.25) is 0 Å². The molecule has 218 valence electrons. The molecular weight excluding hydrogens is 564 g/mol. The van der Waals surface area contributed by atoms with E-state index in [0.717, 1.165) is 28.0 Å². The molecule has 1 amide bonds. The molecule has 0 bridgehead atoms. The third kappa shape index (κ3) is 5.98. The molecule has 1 aromatic heterocycles. The van der Waals surface area contributed by atoms with Gasteiger partial charge < -0.3 is 14.6 Å². The monoisotopic (exact) mass is 594 g/mol. The summed E-state index contributed by atoms with van der Waals surface area (Å²) in [5.41, 5.74) is 4.40. The number of rotatable bonds is 9. The molecule has 43 heavy (non-hydrogen) atoms. The lowest BCUT2D eigenvalue weighted by molar-refractivity contribution is -0.132. The lowest BCUT2D eigenvalue weighted by Crippen LogP contribution is -2.29. The summed E-state index contributed by atoms with van der Waals surface area (Å²) in [6.07, 6.45) is 1.45. The first kappa shape index (κ1) is 29.5. The number of ether oxygens (including phenoxy) is 2. The zero-order valence-electron chi connectivity index (χ0n) is 24.0. The van der Waals surface area contributed by atoms with Crippen molar-refractivity contribution in [2.24, 2.45) is 0 Å². The van der Waals surface area contributed by atoms with Gasteiger partial charge in [0.25, 0.3) is 5.78 Å². The number of aliphatic hydroxyl groups is 1. The lowest BCUT2D eigenvalue weighted by atomic mass is 9.95. The SMILES string of the molecule is C=CCOC(=O)c1sc(N2C(=O)C(=O)C(=C(O)c3ccc(OCc4ccccc4C)cc3)C2c2ccc(C)cc2)nc1C. The fourth-order valence-electron chi connectivity index (χ4n) is 4.77. The zero-order valence-corrected chi connectivity index (χ0v) is 24.8. The van der Waals surface area contributed by atoms with Crippen LogP contribution in [0.15, 0.2) is 91.0 Å². The van der Waals surface area contributed by atoms with Crippen LogP contribution in [0.2, 0.25) is 0 Å². The van der Waals surface area contributed by atoms with Gasteiger partial charge in [0.1, 0.15) is 29.6 Å². The first-order valence-corrected chi connectivity index (χ1v) is 14.4. The molecule has 1 saturated heterocycles. The Hall–Kier alpha value is -5.02. The molecule has 8 nitrogen and oxygen atoms in total. The van der Waals surface area contributed by atoms with E-state index in [1.54, 1.807) is 43.3 Å². The second kappa shape index (κ2) is 12.5. The van der Waals surface area contributed by atoms with Gasteiger partial charge in [0.05, 0.1) is 17.3 Å². The summed E-state index contributed by atoms with van der Waals surface area (Å²) in [5.74, 6) is -2.05. The molecule has 0 radical (unpaired) electrons. The molecule has 2 heterocycles. The Morgan fingerprint density at radius 2 is 1.72 bits per heavy atom. The average molecular weight is 595 g/mol. The number of Topliss-reactive ketones (excluding diaryl/α,β-unsaturated/α-hetero) is 1. The summed E-state index contributed by atoms with van der Waals surface area (Å²) >= 11 is 0.951. The Labute approximate surface area is 253 Å². The van der Waals surface area contributed by atoms with Crippen molar-refractivity contribution in [3.8, 4) is 5.75 Å². The third-order valence-electron chi connectivity index (χ3n) is 7.13. The molecule has 9 heteroatoms. The first-order valence-electron chi connectivity index (χ1n) is 13.6. The number of ketones is 1. The van der Waals surface area contributed by atoms with Gasteiger partial charge in [0, 0.05) is 5.56 Å². The molecule has 1 atom stereocenters. The number of aliphatic hydroxyl groups excluding tert-OH is 1. The molecule has 3 aromatic carbocycles. The number of aromatic nitrogens is 1. The van der Waals surface area contributed by atoms with Crippen LogP contribution in [0.1, 0.15) is 49.2 Å². The van der Waals surface area contributed by atoms with E-state index >= 15 is 0 Å². The summed E-state index contributed by atoms with van der Waals surface area (Å²) in [6, 6.07) is 21.0. The standard InChI is InChI=1S/C34H30N2O6S/c1-5-18-41-33(40)31-22(4)35-34(43-31)36-28(23-12-10-20(2)11-13-23)27(30(38)32(36)39)29(37)24-14-16-26(17-15-24)42-19-25-9-7-6-8-21(25)3/h5-17,28,37H,1,18-19H2,2-4H3. The van der Waals surface area contributed by atoms with E-state index in [-0.39, 0.29) is 27.9 Å². The van der Waals surface area contributed by atoms with Gasteiger partial charge in [-0.25, -0.2) is 9.78 Å². The van der Waals surface area contributed by atoms with Gasteiger partial charge in [-0.15, -0.1) is 0 Å². The number of aryl methyl sites for hydroxylation is 3. The number of amides is 1. The van der Waals surface area contributed by atoms with Gasteiger partial charge in [-0.3, -0.25) is 14.5 Å². The second-order valence-electron chi connectivity index (χ2n) is 10.1. The summed E-state index contributed by atoms with van der Waals surface area (Å²) < 4.78 is 11.1. The summed E-state index contributed by atoms with van der Waals surface area (Å²) in [4.78, 5) is 45.5. The van der Waals surface area contributed by atoms with Crippen LogP contribution in [0.25, 0.3) is 5.76 Å². The van der Waals surface area contributed by atoms with E-state index in [1.165, 1.54) is 11.0 Å². The first-order chi connectivity index (χ1) is 20.7. The number of benzene rings is 3. The highest BCUT2D eigenvalue weighted by molar-refractivity contribution is 7.17. The summed E-state index contributed by atoms with van der Waals surface area (Å²) in [6.45, 7) is 9.52. The van der Waals surface area contributed by atoms with E-state index in [1.807, 2.05) is 50.2 Å².